The topological polar surface area (TPSA) is 99.2 Å². The van der Waals surface area contributed by atoms with Crippen molar-refractivity contribution in [3.05, 3.63) is 35.9 Å². The summed E-state index contributed by atoms with van der Waals surface area (Å²) in [4.78, 5) is 39.5. The Labute approximate surface area is 159 Å². The molecular weight excluding hydrogens is 350 g/mol. The number of carbonyl (C=O) groups excluding carboxylic acids is 3. The van der Waals surface area contributed by atoms with Crippen molar-refractivity contribution in [2.45, 2.75) is 32.4 Å². The minimum Gasteiger partial charge on any atom is -0.450 e. The number of benzene rings is 1. The van der Waals surface area contributed by atoms with E-state index < -0.39 is 11.8 Å². The Bertz CT molecular complexity index is 629. The number of hydrogen-bond acceptors (Lipinski definition) is 5. The van der Waals surface area contributed by atoms with Crippen LogP contribution >= 0.6 is 0 Å². The van der Waals surface area contributed by atoms with Crippen LogP contribution in [0.5, 0.6) is 0 Å². The van der Waals surface area contributed by atoms with Gasteiger partial charge in [-0.25, -0.2) is 4.79 Å². The van der Waals surface area contributed by atoms with Gasteiger partial charge in [-0.2, -0.15) is 0 Å². The number of piperidine rings is 1. The first kappa shape index (κ1) is 20.7. The molecule has 148 valence electrons. The van der Waals surface area contributed by atoms with Crippen LogP contribution in [0.25, 0.3) is 0 Å². The molecule has 2 N–H and O–H groups in total. The van der Waals surface area contributed by atoms with Crippen LogP contribution in [0.3, 0.4) is 0 Å². The number of carbonyl (C=O) groups is 3. The van der Waals surface area contributed by atoms with Crippen molar-refractivity contribution in [3.63, 3.8) is 0 Å². The summed E-state index contributed by atoms with van der Waals surface area (Å²) in [5.41, 5.74) is 0.884. The highest BCUT2D eigenvalue weighted by molar-refractivity contribution is 6.35. The highest BCUT2D eigenvalue weighted by atomic mass is 16.6. The van der Waals surface area contributed by atoms with Gasteiger partial charge in [-0.05, 0) is 25.3 Å². The Morgan fingerprint density at radius 1 is 1.22 bits per heavy atom. The molecule has 1 aliphatic rings. The third-order valence-electron chi connectivity index (χ3n) is 4.42. The fraction of sp³-hybridized carbons (Fsp3) is 0.526. The molecule has 0 bridgehead atoms. The first-order valence-corrected chi connectivity index (χ1v) is 9.21. The van der Waals surface area contributed by atoms with Crippen molar-refractivity contribution in [3.8, 4) is 0 Å². The molecule has 8 heteroatoms. The Hall–Kier alpha value is -2.61. The molecule has 1 aromatic carbocycles. The van der Waals surface area contributed by atoms with Gasteiger partial charge in [0.05, 0.1) is 13.2 Å². The van der Waals surface area contributed by atoms with Crippen molar-refractivity contribution in [2.75, 3.05) is 32.8 Å². The lowest BCUT2D eigenvalue weighted by molar-refractivity contribution is -0.147. The lowest BCUT2D eigenvalue weighted by Gasteiger charge is -2.32. The van der Waals surface area contributed by atoms with Crippen molar-refractivity contribution >= 4 is 17.9 Å². The number of rotatable bonds is 6. The molecule has 1 aromatic rings. The summed E-state index contributed by atoms with van der Waals surface area (Å²) in [6.07, 6.45) is 0.780. The van der Waals surface area contributed by atoms with Crippen molar-refractivity contribution in [2.24, 2.45) is 0 Å². The van der Waals surface area contributed by atoms with Crippen LogP contribution in [0.4, 0.5) is 4.79 Å². The van der Waals surface area contributed by atoms with E-state index in [1.807, 2.05) is 30.3 Å². The molecule has 1 saturated heterocycles. The highest BCUT2D eigenvalue weighted by Gasteiger charge is 2.28. The van der Waals surface area contributed by atoms with E-state index in [1.165, 1.54) is 4.90 Å². The maximum Gasteiger partial charge on any atom is 0.409 e. The second-order valence-electron chi connectivity index (χ2n) is 6.37. The van der Waals surface area contributed by atoms with Gasteiger partial charge in [-0.1, -0.05) is 30.3 Å². The molecule has 8 nitrogen and oxygen atoms in total. The predicted molar refractivity (Wildman–Crippen MR) is 98.7 cm³/mol. The Morgan fingerprint density at radius 2 is 1.89 bits per heavy atom. The molecule has 0 aromatic heterocycles. The van der Waals surface area contributed by atoms with Crippen LogP contribution in [0, 0.1) is 0 Å². The molecule has 2 rings (SSSR count). The molecule has 27 heavy (non-hydrogen) atoms. The maximum absolute atomic E-state index is 12.5. The van der Waals surface area contributed by atoms with Gasteiger partial charge >= 0.3 is 17.9 Å². The minimum absolute atomic E-state index is 0.0858. The monoisotopic (exact) mass is 377 g/mol. The largest absolute Gasteiger partial charge is 0.450 e. The zero-order valence-electron chi connectivity index (χ0n) is 15.6. The normalized spacial score (nSPS) is 14.5. The van der Waals surface area contributed by atoms with Crippen LogP contribution in [0.15, 0.2) is 30.3 Å². The van der Waals surface area contributed by atoms with Gasteiger partial charge in [0.2, 0.25) is 0 Å². The number of amides is 3. The number of ether oxygens (including phenoxy) is 1. The fourth-order valence-electron chi connectivity index (χ4n) is 2.99. The predicted octanol–water partition coefficient (Wildman–Crippen LogP) is 0.745. The zero-order valence-corrected chi connectivity index (χ0v) is 15.6. The second-order valence-corrected chi connectivity index (χ2v) is 6.37. The maximum atomic E-state index is 12.5. The van der Waals surface area contributed by atoms with Gasteiger partial charge in [-0.15, -0.1) is 0 Å². The standard InChI is InChI=1S/C19H27N3O5/c1-2-27-19(26)21-10-8-16(9-11-21)20-17(24)18(25)22(12-13-23)14-15-6-4-3-5-7-15/h3-7,16,23H,2,8-14H2,1H3,(H,20,24). The summed E-state index contributed by atoms with van der Waals surface area (Å²) in [6, 6.07) is 9.14. The molecule has 0 atom stereocenters. The molecule has 1 fully saturated rings. The van der Waals surface area contributed by atoms with Gasteiger partial charge < -0.3 is 25.0 Å². The van der Waals surface area contributed by atoms with E-state index in [-0.39, 0.29) is 31.8 Å². The molecule has 0 spiro atoms. The molecule has 0 radical (unpaired) electrons. The van der Waals surface area contributed by atoms with Crippen LogP contribution in [-0.4, -0.2) is 71.7 Å². The van der Waals surface area contributed by atoms with Crippen LogP contribution < -0.4 is 5.32 Å². The summed E-state index contributed by atoms with van der Waals surface area (Å²) < 4.78 is 4.97. The average Bonchev–Trinajstić information content (AvgIpc) is 2.68. The minimum atomic E-state index is -0.686. The second kappa shape index (κ2) is 10.5. The number of likely N-dealkylation sites (tertiary alicyclic amines) is 1. The molecule has 1 heterocycles. The van der Waals surface area contributed by atoms with Crippen LogP contribution in [-0.2, 0) is 20.9 Å². The van der Waals surface area contributed by atoms with E-state index in [0.29, 0.717) is 32.5 Å². The van der Waals surface area contributed by atoms with Gasteiger partial charge in [-0.3, -0.25) is 9.59 Å². The van der Waals surface area contributed by atoms with Crippen LogP contribution in [0.2, 0.25) is 0 Å². The molecular formula is C19H27N3O5. The number of aliphatic hydroxyl groups excluding tert-OH is 1. The fourth-order valence-corrected chi connectivity index (χ4v) is 2.99. The van der Waals surface area contributed by atoms with Gasteiger partial charge in [0.25, 0.3) is 0 Å². The molecule has 3 amide bonds. The van der Waals surface area contributed by atoms with Crippen molar-refractivity contribution in [1.82, 2.24) is 15.1 Å². The van der Waals surface area contributed by atoms with E-state index in [0.717, 1.165) is 5.56 Å². The summed E-state index contributed by atoms with van der Waals surface area (Å²) in [7, 11) is 0. The average molecular weight is 377 g/mol. The summed E-state index contributed by atoms with van der Waals surface area (Å²) >= 11 is 0. The number of aliphatic hydroxyl groups is 1. The summed E-state index contributed by atoms with van der Waals surface area (Å²) in [6.45, 7) is 3.15. The lowest BCUT2D eigenvalue weighted by atomic mass is 10.1. The third kappa shape index (κ3) is 6.25. The molecule has 1 aliphatic heterocycles. The Kier molecular flexibility index (Phi) is 8.06. The lowest BCUT2D eigenvalue weighted by Crippen LogP contribution is -2.51. The first-order valence-electron chi connectivity index (χ1n) is 9.21. The Morgan fingerprint density at radius 3 is 2.48 bits per heavy atom. The summed E-state index contributed by atoms with van der Waals surface area (Å²) in [5, 5.41) is 12.0. The van der Waals surface area contributed by atoms with E-state index in [4.69, 9.17) is 4.74 Å². The smallest absolute Gasteiger partial charge is 0.409 e. The number of hydrogen-bond donors (Lipinski definition) is 2. The third-order valence-corrected chi connectivity index (χ3v) is 4.42. The highest BCUT2D eigenvalue weighted by Crippen LogP contribution is 2.12. The van der Waals surface area contributed by atoms with Crippen molar-refractivity contribution in [1.29, 1.82) is 0 Å². The Balaban J connectivity index is 1.86. The molecule has 0 aliphatic carbocycles. The number of nitrogens with zero attached hydrogens (tertiary/aromatic N) is 2. The number of nitrogens with one attached hydrogen (secondary N) is 1. The molecule has 0 unspecified atom stereocenters. The first-order chi connectivity index (χ1) is 13.0. The van der Waals surface area contributed by atoms with E-state index in [1.54, 1.807) is 11.8 Å². The van der Waals surface area contributed by atoms with E-state index >= 15 is 0 Å². The quantitative estimate of drug-likeness (QED) is 0.713. The van der Waals surface area contributed by atoms with Gasteiger partial charge in [0, 0.05) is 32.2 Å². The van der Waals surface area contributed by atoms with Gasteiger partial charge in [0.1, 0.15) is 0 Å². The van der Waals surface area contributed by atoms with Crippen LogP contribution in [0.1, 0.15) is 25.3 Å². The SMILES string of the molecule is CCOC(=O)N1CCC(NC(=O)C(=O)N(CCO)Cc2ccccc2)CC1. The van der Waals surface area contributed by atoms with Crippen molar-refractivity contribution < 1.29 is 24.2 Å². The van der Waals surface area contributed by atoms with E-state index in [2.05, 4.69) is 5.32 Å². The zero-order chi connectivity index (χ0) is 19.6. The van der Waals surface area contributed by atoms with Gasteiger partial charge in [0.15, 0.2) is 0 Å². The molecule has 0 saturated carbocycles. The summed E-state index contributed by atoms with van der Waals surface area (Å²) in [5.74, 6) is -1.35. The van der Waals surface area contributed by atoms with E-state index in [9.17, 15) is 19.5 Å².